The van der Waals surface area contributed by atoms with E-state index in [1.807, 2.05) is 0 Å². The SMILES string of the molecule is CC(OCc1cc(Cl)cc(-c2cc(N)nn2-c2ccc(F)cc2)c1)C(F)(F)F. The van der Waals surface area contributed by atoms with Crippen LogP contribution in [0.15, 0.2) is 48.5 Å². The average Bonchev–Trinajstić information content (AvgIpc) is 3.01. The van der Waals surface area contributed by atoms with Crippen LogP contribution >= 0.6 is 11.6 Å². The van der Waals surface area contributed by atoms with Crippen LogP contribution < -0.4 is 5.73 Å². The van der Waals surface area contributed by atoms with Crippen LogP contribution in [0.1, 0.15) is 12.5 Å². The van der Waals surface area contributed by atoms with Gasteiger partial charge in [0.2, 0.25) is 0 Å². The van der Waals surface area contributed by atoms with Gasteiger partial charge in [0.05, 0.1) is 18.0 Å². The molecule has 0 bridgehead atoms. The van der Waals surface area contributed by atoms with Gasteiger partial charge in [-0.2, -0.15) is 18.3 Å². The van der Waals surface area contributed by atoms with Crippen molar-refractivity contribution in [2.75, 3.05) is 5.73 Å². The van der Waals surface area contributed by atoms with E-state index >= 15 is 0 Å². The molecule has 1 heterocycles. The molecule has 0 aliphatic carbocycles. The molecule has 0 aliphatic heterocycles. The van der Waals surface area contributed by atoms with E-state index in [2.05, 4.69) is 5.10 Å². The minimum atomic E-state index is -4.45. The predicted octanol–water partition coefficient (Wildman–Crippen LogP) is 5.38. The topological polar surface area (TPSA) is 53.1 Å². The van der Waals surface area contributed by atoms with Gasteiger partial charge in [-0.05, 0) is 55.0 Å². The molecule has 3 aromatic rings. The highest BCUT2D eigenvalue weighted by Crippen LogP contribution is 2.30. The van der Waals surface area contributed by atoms with Crippen LogP contribution in [-0.2, 0) is 11.3 Å². The van der Waals surface area contributed by atoms with E-state index in [9.17, 15) is 17.6 Å². The molecule has 9 heteroatoms. The molecule has 0 saturated heterocycles. The number of nitrogen functional groups attached to an aromatic ring is 1. The Kier molecular flexibility index (Phi) is 5.62. The summed E-state index contributed by atoms with van der Waals surface area (Å²) in [6.07, 6.45) is -6.35. The first-order chi connectivity index (χ1) is 13.1. The molecule has 3 rings (SSSR count). The second-order valence-electron chi connectivity index (χ2n) is 6.19. The van der Waals surface area contributed by atoms with Gasteiger partial charge in [-0.15, -0.1) is 0 Å². The van der Waals surface area contributed by atoms with Gasteiger partial charge in [0.25, 0.3) is 0 Å². The molecule has 0 aliphatic rings. The van der Waals surface area contributed by atoms with Crippen molar-refractivity contribution in [2.24, 2.45) is 0 Å². The molecule has 0 fully saturated rings. The van der Waals surface area contributed by atoms with Crippen LogP contribution in [-0.4, -0.2) is 22.1 Å². The third kappa shape index (κ3) is 4.63. The van der Waals surface area contributed by atoms with Crippen LogP contribution in [0, 0.1) is 5.82 Å². The first kappa shape index (κ1) is 20.2. The van der Waals surface area contributed by atoms with Crippen molar-refractivity contribution < 1.29 is 22.3 Å². The molecular formula is C19H16ClF4N3O. The summed E-state index contributed by atoms with van der Waals surface area (Å²) in [6.45, 7) is 0.671. The first-order valence-electron chi connectivity index (χ1n) is 8.23. The van der Waals surface area contributed by atoms with Gasteiger partial charge in [0.1, 0.15) is 11.6 Å². The summed E-state index contributed by atoms with van der Waals surface area (Å²) in [7, 11) is 0. The summed E-state index contributed by atoms with van der Waals surface area (Å²) >= 11 is 6.14. The lowest BCUT2D eigenvalue weighted by atomic mass is 10.1. The molecule has 2 N–H and O–H groups in total. The lowest BCUT2D eigenvalue weighted by Crippen LogP contribution is -2.28. The Hall–Kier alpha value is -2.58. The fraction of sp³-hybridized carbons (Fsp3) is 0.211. The smallest absolute Gasteiger partial charge is 0.382 e. The summed E-state index contributed by atoms with van der Waals surface area (Å²) in [5.74, 6) is -0.172. The summed E-state index contributed by atoms with van der Waals surface area (Å²) in [6, 6.07) is 12.0. The number of ether oxygens (including phenoxy) is 1. The molecule has 28 heavy (non-hydrogen) atoms. The standard InChI is InChI=1S/C19H16ClF4N3O/c1-11(19(22,23)24)28-10-12-6-13(8-14(20)7-12)17-9-18(25)26-27(17)16-4-2-15(21)3-5-16/h2-9,11H,10H2,1H3,(H2,25,26). The maximum atomic E-state index is 13.2. The number of anilines is 1. The number of halogens is 5. The highest BCUT2D eigenvalue weighted by molar-refractivity contribution is 6.31. The minimum absolute atomic E-state index is 0.225. The van der Waals surface area contributed by atoms with Gasteiger partial charge < -0.3 is 10.5 Å². The van der Waals surface area contributed by atoms with Crippen molar-refractivity contribution in [3.8, 4) is 16.9 Å². The Labute approximate surface area is 163 Å². The molecule has 4 nitrogen and oxygen atoms in total. The van der Waals surface area contributed by atoms with E-state index in [4.69, 9.17) is 22.1 Å². The van der Waals surface area contributed by atoms with Crippen LogP contribution in [0.2, 0.25) is 5.02 Å². The third-order valence-electron chi connectivity index (χ3n) is 4.01. The zero-order chi connectivity index (χ0) is 20.5. The van der Waals surface area contributed by atoms with Gasteiger partial charge in [-0.1, -0.05) is 11.6 Å². The summed E-state index contributed by atoms with van der Waals surface area (Å²) in [5.41, 5.74) is 7.98. The van der Waals surface area contributed by atoms with Crippen LogP contribution in [0.4, 0.5) is 23.4 Å². The maximum Gasteiger partial charge on any atom is 0.414 e. The first-order valence-corrected chi connectivity index (χ1v) is 8.61. The van der Waals surface area contributed by atoms with Gasteiger partial charge in [-0.25, -0.2) is 9.07 Å². The molecule has 0 saturated carbocycles. The van der Waals surface area contributed by atoms with Crippen LogP contribution in [0.25, 0.3) is 16.9 Å². The fourth-order valence-corrected chi connectivity index (χ4v) is 2.84. The quantitative estimate of drug-likeness (QED) is 0.571. The van der Waals surface area contributed by atoms with Crippen molar-refractivity contribution in [3.05, 3.63) is 64.9 Å². The second-order valence-corrected chi connectivity index (χ2v) is 6.62. The number of rotatable bonds is 5. The molecule has 1 aromatic heterocycles. The number of aromatic nitrogens is 2. The van der Waals surface area contributed by atoms with Crippen LogP contribution in [0.3, 0.4) is 0 Å². The molecule has 0 amide bonds. The molecule has 148 valence electrons. The predicted molar refractivity (Wildman–Crippen MR) is 98.7 cm³/mol. The van der Waals surface area contributed by atoms with Crippen molar-refractivity contribution >= 4 is 17.4 Å². The molecular weight excluding hydrogens is 398 g/mol. The van der Waals surface area contributed by atoms with Crippen molar-refractivity contribution in [2.45, 2.75) is 25.8 Å². The van der Waals surface area contributed by atoms with Crippen LogP contribution in [0.5, 0.6) is 0 Å². The minimum Gasteiger partial charge on any atom is -0.382 e. The molecule has 1 unspecified atom stereocenters. The van der Waals surface area contributed by atoms with Gasteiger partial charge in [0.15, 0.2) is 6.10 Å². The Balaban J connectivity index is 1.94. The fourth-order valence-electron chi connectivity index (χ4n) is 2.58. The maximum absolute atomic E-state index is 13.2. The Morgan fingerprint density at radius 2 is 1.82 bits per heavy atom. The van der Waals surface area contributed by atoms with Crippen molar-refractivity contribution in [3.63, 3.8) is 0 Å². The number of hydrogen-bond donors (Lipinski definition) is 1. The second kappa shape index (κ2) is 7.81. The molecule has 0 spiro atoms. The van der Waals surface area contributed by atoms with E-state index in [0.29, 0.717) is 27.5 Å². The zero-order valence-corrected chi connectivity index (χ0v) is 15.4. The Morgan fingerprint density at radius 1 is 1.14 bits per heavy atom. The monoisotopic (exact) mass is 413 g/mol. The lowest BCUT2D eigenvalue weighted by Gasteiger charge is -2.17. The van der Waals surface area contributed by atoms with E-state index in [0.717, 1.165) is 6.92 Å². The average molecular weight is 414 g/mol. The van der Waals surface area contributed by atoms with Gasteiger partial charge >= 0.3 is 6.18 Å². The number of benzene rings is 2. The number of alkyl halides is 3. The number of nitrogens with two attached hydrogens (primary N) is 1. The summed E-state index contributed by atoms with van der Waals surface area (Å²) in [5, 5.41) is 4.52. The molecule has 1 atom stereocenters. The van der Waals surface area contributed by atoms with E-state index in [-0.39, 0.29) is 12.4 Å². The summed E-state index contributed by atoms with van der Waals surface area (Å²) in [4.78, 5) is 0. The number of nitrogens with zero attached hydrogens (tertiary/aromatic N) is 2. The third-order valence-corrected chi connectivity index (χ3v) is 4.23. The van der Waals surface area contributed by atoms with Crippen molar-refractivity contribution in [1.29, 1.82) is 0 Å². The number of hydrogen-bond acceptors (Lipinski definition) is 3. The Bertz CT molecular complexity index is 970. The van der Waals surface area contributed by atoms with E-state index in [1.54, 1.807) is 18.2 Å². The highest BCUT2D eigenvalue weighted by atomic mass is 35.5. The van der Waals surface area contributed by atoms with E-state index < -0.39 is 18.1 Å². The van der Waals surface area contributed by atoms with Gasteiger partial charge in [-0.3, -0.25) is 0 Å². The molecule has 0 radical (unpaired) electrons. The largest absolute Gasteiger partial charge is 0.414 e. The molecule has 2 aromatic carbocycles. The highest BCUT2D eigenvalue weighted by Gasteiger charge is 2.36. The van der Waals surface area contributed by atoms with Gasteiger partial charge in [0, 0.05) is 16.7 Å². The lowest BCUT2D eigenvalue weighted by molar-refractivity contribution is -0.217. The zero-order valence-electron chi connectivity index (χ0n) is 14.7. The Morgan fingerprint density at radius 3 is 2.46 bits per heavy atom. The van der Waals surface area contributed by atoms with E-state index in [1.165, 1.54) is 35.0 Å². The normalized spacial score (nSPS) is 12.9. The van der Waals surface area contributed by atoms with Crippen molar-refractivity contribution in [1.82, 2.24) is 9.78 Å². The summed E-state index contributed by atoms with van der Waals surface area (Å²) < 4.78 is 57.5.